The van der Waals surface area contributed by atoms with Crippen molar-refractivity contribution in [2.24, 2.45) is 0 Å². The number of carbonyl (C=O) groups is 2. The zero-order chi connectivity index (χ0) is 24.2. The SMILES string of the molecule is COc1ccc(CN2C(=O)CN(S(C)(=O)=O)CC2(C)C(=O)NCc2ccccc2)c(OC)c1. The van der Waals surface area contributed by atoms with E-state index in [0.29, 0.717) is 17.1 Å². The van der Waals surface area contributed by atoms with Gasteiger partial charge in [0.05, 0.1) is 33.6 Å². The summed E-state index contributed by atoms with van der Waals surface area (Å²) in [4.78, 5) is 28.0. The molecule has 33 heavy (non-hydrogen) atoms. The van der Waals surface area contributed by atoms with Crippen molar-refractivity contribution in [3.63, 3.8) is 0 Å². The summed E-state index contributed by atoms with van der Waals surface area (Å²) >= 11 is 0. The van der Waals surface area contributed by atoms with Crippen LogP contribution >= 0.6 is 0 Å². The minimum absolute atomic E-state index is 0.0683. The molecule has 0 radical (unpaired) electrons. The maximum atomic E-state index is 13.4. The zero-order valence-electron chi connectivity index (χ0n) is 19.2. The molecule has 0 aliphatic carbocycles. The van der Waals surface area contributed by atoms with Crippen LogP contribution in [0.2, 0.25) is 0 Å². The topological polar surface area (TPSA) is 105 Å². The smallest absolute Gasteiger partial charge is 0.247 e. The van der Waals surface area contributed by atoms with Crippen LogP contribution in [0.15, 0.2) is 48.5 Å². The van der Waals surface area contributed by atoms with Crippen molar-refractivity contribution in [2.75, 3.05) is 33.6 Å². The van der Waals surface area contributed by atoms with Crippen molar-refractivity contribution in [1.82, 2.24) is 14.5 Å². The summed E-state index contributed by atoms with van der Waals surface area (Å²) in [5.74, 6) is 0.175. The summed E-state index contributed by atoms with van der Waals surface area (Å²) in [6, 6.07) is 14.5. The number of ether oxygens (including phenoxy) is 2. The number of piperazine rings is 1. The summed E-state index contributed by atoms with van der Waals surface area (Å²) in [7, 11) is -0.638. The van der Waals surface area contributed by atoms with Gasteiger partial charge in [0.1, 0.15) is 17.0 Å². The average Bonchev–Trinajstić information content (AvgIpc) is 2.79. The van der Waals surface area contributed by atoms with Crippen LogP contribution in [0.3, 0.4) is 0 Å². The Labute approximate surface area is 194 Å². The van der Waals surface area contributed by atoms with E-state index in [4.69, 9.17) is 9.47 Å². The Morgan fingerprint density at radius 1 is 1.12 bits per heavy atom. The standard InChI is InChI=1S/C23H29N3O6S/c1-23(22(28)24-13-17-8-6-5-7-9-17)16-25(33(4,29)30)15-21(27)26(23)14-18-10-11-19(31-2)12-20(18)32-3/h5-12H,13-16H2,1-4H3,(H,24,28). The van der Waals surface area contributed by atoms with Gasteiger partial charge in [0.25, 0.3) is 0 Å². The Morgan fingerprint density at radius 3 is 2.42 bits per heavy atom. The predicted molar refractivity (Wildman–Crippen MR) is 123 cm³/mol. The molecule has 3 rings (SSSR count). The second-order valence-electron chi connectivity index (χ2n) is 8.13. The van der Waals surface area contributed by atoms with Crippen LogP contribution in [0, 0.1) is 0 Å². The van der Waals surface area contributed by atoms with Gasteiger partial charge in [-0.1, -0.05) is 30.3 Å². The van der Waals surface area contributed by atoms with Gasteiger partial charge in [-0.3, -0.25) is 9.59 Å². The molecule has 1 heterocycles. The van der Waals surface area contributed by atoms with E-state index in [1.165, 1.54) is 19.1 Å². The second kappa shape index (κ2) is 9.80. The van der Waals surface area contributed by atoms with Gasteiger partial charge in [-0.25, -0.2) is 8.42 Å². The number of hydrogen-bond acceptors (Lipinski definition) is 6. The van der Waals surface area contributed by atoms with Gasteiger partial charge in [0.2, 0.25) is 21.8 Å². The molecule has 1 atom stereocenters. The summed E-state index contributed by atoms with van der Waals surface area (Å²) in [6.45, 7) is 1.41. The third-order valence-corrected chi connectivity index (χ3v) is 6.97. The lowest BCUT2D eigenvalue weighted by atomic mass is 9.94. The largest absolute Gasteiger partial charge is 0.497 e. The van der Waals surface area contributed by atoms with Crippen molar-refractivity contribution >= 4 is 21.8 Å². The Hall–Kier alpha value is -3.11. The van der Waals surface area contributed by atoms with Crippen LogP contribution in [0.25, 0.3) is 0 Å². The number of methoxy groups -OCH3 is 2. The highest BCUT2D eigenvalue weighted by Crippen LogP contribution is 2.31. The number of nitrogens with zero attached hydrogens (tertiary/aromatic N) is 2. The summed E-state index contributed by atoms with van der Waals surface area (Å²) in [5, 5.41) is 2.86. The van der Waals surface area contributed by atoms with Gasteiger partial charge in [0.15, 0.2) is 0 Å². The molecule has 1 N–H and O–H groups in total. The Kier molecular flexibility index (Phi) is 7.28. The predicted octanol–water partition coefficient (Wildman–Crippen LogP) is 1.38. The molecule has 1 aliphatic heterocycles. The molecule has 1 unspecified atom stereocenters. The van der Waals surface area contributed by atoms with Gasteiger partial charge in [-0.2, -0.15) is 4.31 Å². The number of amides is 2. The van der Waals surface area contributed by atoms with Gasteiger partial charge >= 0.3 is 0 Å². The van der Waals surface area contributed by atoms with Crippen LogP contribution < -0.4 is 14.8 Å². The first kappa shape index (κ1) is 24.5. The van der Waals surface area contributed by atoms with Crippen LogP contribution in [-0.2, 0) is 32.7 Å². The molecule has 10 heteroatoms. The molecule has 0 bridgehead atoms. The first-order valence-corrected chi connectivity index (χ1v) is 12.2. The Bertz CT molecular complexity index is 1120. The highest BCUT2D eigenvalue weighted by atomic mass is 32.2. The molecule has 0 spiro atoms. The molecule has 1 saturated heterocycles. The van der Waals surface area contributed by atoms with E-state index < -0.39 is 27.4 Å². The number of sulfonamides is 1. The summed E-state index contributed by atoms with van der Waals surface area (Å²) < 4.78 is 36.2. The minimum Gasteiger partial charge on any atom is -0.497 e. The zero-order valence-corrected chi connectivity index (χ0v) is 20.0. The fourth-order valence-corrected chi connectivity index (χ4v) is 4.64. The Balaban J connectivity index is 1.93. The minimum atomic E-state index is -3.68. The monoisotopic (exact) mass is 475 g/mol. The van der Waals surface area contributed by atoms with Crippen molar-refractivity contribution < 1.29 is 27.5 Å². The van der Waals surface area contributed by atoms with Crippen LogP contribution in [0.4, 0.5) is 0 Å². The lowest BCUT2D eigenvalue weighted by molar-refractivity contribution is -0.153. The normalized spacial score (nSPS) is 19.3. The van der Waals surface area contributed by atoms with Crippen molar-refractivity contribution in [3.05, 3.63) is 59.7 Å². The molecule has 0 saturated carbocycles. The maximum Gasteiger partial charge on any atom is 0.247 e. The molecule has 2 aromatic carbocycles. The van der Waals surface area contributed by atoms with Crippen LogP contribution in [-0.4, -0.2) is 68.5 Å². The highest BCUT2D eigenvalue weighted by Gasteiger charge is 2.49. The average molecular weight is 476 g/mol. The van der Waals surface area contributed by atoms with E-state index in [1.807, 2.05) is 30.3 Å². The molecule has 9 nitrogen and oxygen atoms in total. The first-order valence-electron chi connectivity index (χ1n) is 10.4. The van der Waals surface area contributed by atoms with E-state index in [-0.39, 0.29) is 26.2 Å². The van der Waals surface area contributed by atoms with E-state index in [2.05, 4.69) is 5.32 Å². The molecule has 2 aromatic rings. The number of rotatable bonds is 8. The highest BCUT2D eigenvalue weighted by molar-refractivity contribution is 7.88. The molecule has 1 aliphatic rings. The lowest BCUT2D eigenvalue weighted by Gasteiger charge is -2.46. The fourth-order valence-electron chi connectivity index (χ4n) is 3.81. The molecular weight excluding hydrogens is 446 g/mol. The van der Waals surface area contributed by atoms with Crippen molar-refractivity contribution in [2.45, 2.75) is 25.6 Å². The third-order valence-electron chi connectivity index (χ3n) is 5.77. The third kappa shape index (κ3) is 5.45. The number of benzene rings is 2. The quantitative estimate of drug-likeness (QED) is 0.619. The molecule has 2 amide bonds. The van der Waals surface area contributed by atoms with Gasteiger partial charge < -0.3 is 19.7 Å². The van der Waals surface area contributed by atoms with Crippen molar-refractivity contribution in [3.8, 4) is 11.5 Å². The van der Waals surface area contributed by atoms with Crippen LogP contribution in [0.1, 0.15) is 18.1 Å². The number of nitrogens with one attached hydrogen (secondary N) is 1. The molecule has 1 fully saturated rings. The van der Waals surface area contributed by atoms with Gasteiger partial charge in [-0.05, 0) is 24.6 Å². The maximum absolute atomic E-state index is 13.4. The molecule has 0 aromatic heterocycles. The second-order valence-corrected chi connectivity index (χ2v) is 10.1. The lowest BCUT2D eigenvalue weighted by Crippen LogP contribution is -2.69. The van der Waals surface area contributed by atoms with E-state index in [0.717, 1.165) is 16.1 Å². The summed E-state index contributed by atoms with van der Waals surface area (Å²) in [6.07, 6.45) is 1.03. The van der Waals surface area contributed by atoms with Gasteiger partial charge in [-0.15, -0.1) is 0 Å². The van der Waals surface area contributed by atoms with E-state index in [1.54, 1.807) is 25.1 Å². The fraction of sp³-hybridized carbons (Fsp3) is 0.391. The molecule has 178 valence electrons. The number of hydrogen-bond donors (Lipinski definition) is 1. The first-order chi connectivity index (χ1) is 15.6. The van der Waals surface area contributed by atoms with E-state index in [9.17, 15) is 18.0 Å². The summed E-state index contributed by atoms with van der Waals surface area (Å²) in [5.41, 5.74) is 0.125. The number of carbonyl (C=O) groups excluding carboxylic acids is 2. The van der Waals surface area contributed by atoms with Crippen molar-refractivity contribution in [1.29, 1.82) is 0 Å². The van der Waals surface area contributed by atoms with Gasteiger partial charge in [0, 0.05) is 24.7 Å². The van der Waals surface area contributed by atoms with E-state index >= 15 is 0 Å². The van der Waals surface area contributed by atoms with Crippen LogP contribution in [0.5, 0.6) is 11.5 Å². The Morgan fingerprint density at radius 2 is 1.82 bits per heavy atom. The molecular formula is C23H29N3O6S.